The van der Waals surface area contributed by atoms with Crippen molar-refractivity contribution in [2.24, 2.45) is 0 Å². The number of nitrogens with zero attached hydrogens (tertiary/aromatic N) is 3. The van der Waals surface area contributed by atoms with Gasteiger partial charge >= 0.3 is 0 Å². The number of para-hydroxylation sites is 2. The van der Waals surface area contributed by atoms with Gasteiger partial charge in [0.1, 0.15) is 12.4 Å². The van der Waals surface area contributed by atoms with E-state index in [1.807, 2.05) is 71.8 Å². The summed E-state index contributed by atoms with van der Waals surface area (Å²) in [7, 11) is 0. The molecule has 1 heterocycles. The van der Waals surface area contributed by atoms with Gasteiger partial charge in [0.2, 0.25) is 5.91 Å². The van der Waals surface area contributed by atoms with Crippen LogP contribution in [0.5, 0.6) is 0 Å². The Labute approximate surface area is 146 Å². The third kappa shape index (κ3) is 3.02. The van der Waals surface area contributed by atoms with E-state index >= 15 is 0 Å². The number of hydrogen-bond donors (Lipinski definition) is 0. The second-order valence-electron chi connectivity index (χ2n) is 5.56. The van der Waals surface area contributed by atoms with E-state index in [1.54, 1.807) is 0 Å². The van der Waals surface area contributed by atoms with Crippen LogP contribution in [0.15, 0.2) is 48.5 Å². The number of imidazole rings is 1. The Morgan fingerprint density at radius 3 is 2.46 bits per heavy atom. The van der Waals surface area contributed by atoms with E-state index in [0.717, 1.165) is 22.4 Å². The van der Waals surface area contributed by atoms with Gasteiger partial charge in [-0.05, 0) is 38.1 Å². The average molecular weight is 342 g/mol. The van der Waals surface area contributed by atoms with Gasteiger partial charge in [-0.1, -0.05) is 35.9 Å². The highest BCUT2D eigenvalue weighted by Crippen LogP contribution is 2.30. The molecule has 3 aromatic rings. The quantitative estimate of drug-likeness (QED) is 0.696. The second kappa shape index (κ2) is 7.05. The Bertz CT molecular complexity index is 868. The standard InChI is InChI=1S/C19H20ClN3O/c1-3-22(4-2)18(24)13-23-17-12-8-7-11-16(17)21-19(23)14-9-5-6-10-15(14)20/h5-12H,3-4,13H2,1-2H3. The van der Waals surface area contributed by atoms with E-state index in [1.165, 1.54) is 0 Å². The molecule has 124 valence electrons. The summed E-state index contributed by atoms with van der Waals surface area (Å²) >= 11 is 6.36. The molecule has 0 fully saturated rings. The van der Waals surface area contributed by atoms with E-state index in [2.05, 4.69) is 0 Å². The molecule has 0 N–H and O–H groups in total. The first-order chi connectivity index (χ1) is 11.7. The van der Waals surface area contributed by atoms with Crippen LogP contribution in [0.1, 0.15) is 13.8 Å². The lowest BCUT2D eigenvalue weighted by Gasteiger charge is -2.20. The molecule has 1 amide bonds. The minimum atomic E-state index is 0.0801. The number of benzene rings is 2. The molecule has 0 saturated carbocycles. The lowest BCUT2D eigenvalue weighted by Crippen LogP contribution is -2.33. The summed E-state index contributed by atoms with van der Waals surface area (Å²) in [6.45, 7) is 5.63. The van der Waals surface area contributed by atoms with Crippen LogP contribution < -0.4 is 0 Å². The summed E-state index contributed by atoms with van der Waals surface area (Å²) in [4.78, 5) is 19.2. The van der Waals surface area contributed by atoms with Crippen LogP contribution in [0.4, 0.5) is 0 Å². The van der Waals surface area contributed by atoms with E-state index in [4.69, 9.17) is 16.6 Å². The van der Waals surface area contributed by atoms with Gasteiger partial charge in [0.25, 0.3) is 0 Å². The van der Waals surface area contributed by atoms with E-state index < -0.39 is 0 Å². The number of hydrogen-bond acceptors (Lipinski definition) is 2. The molecule has 0 aliphatic heterocycles. The Hall–Kier alpha value is -2.33. The Morgan fingerprint density at radius 2 is 1.75 bits per heavy atom. The minimum absolute atomic E-state index is 0.0801. The van der Waals surface area contributed by atoms with Gasteiger partial charge in [0.05, 0.1) is 16.1 Å². The summed E-state index contributed by atoms with van der Waals surface area (Å²) < 4.78 is 1.96. The molecule has 4 nitrogen and oxygen atoms in total. The summed E-state index contributed by atoms with van der Waals surface area (Å²) in [5.41, 5.74) is 2.63. The van der Waals surface area contributed by atoms with Crippen molar-refractivity contribution in [1.29, 1.82) is 0 Å². The Kier molecular flexibility index (Phi) is 4.86. The molecule has 0 spiro atoms. The molecule has 1 aromatic heterocycles. The first-order valence-corrected chi connectivity index (χ1v) is 8.51. The van der Waals surface area contributed by atoms with Gasteiger partial charge in [0.15, 0.2) is 0 Å². The number of amides is 1. The van der Waals surface area contributed by atoms with Crippen molar-refractivity contribution >= 4 is 28.5 Å². The van der Waals surface area contributed by atoms with E-state index in [-0.39, 0.29) is 12.5 Å². The molecule has 0 atom stereocenters. The third-order valence-electron chi connectivity index (χ3n) is 4.18. The zero-order chi connectivity index (χ0) is 17.1. The smallest absolute Gasteiger partial charge is 0.242 e. The fraction of sp³-hybridized carbons (Fsp3) is 0.263. The molecular formula is C19H20ClN3O. The van der Waals surface area contributed by atoms with Crippen LogP contribution >= 0.6 is 11.6 Å². The SMILES string of the molecule is CCN(CC)C(=O)Cn1c(-c2ccccc2Cl)nc2ccccc21. The Morgan fingerprint density at radius 1 is 1.08 bits per heavy atom. The van der Waals surface area contributed by atoms with Crippen molar-refractivity contribution in [2.75, 3.05) is 13.1 Å². The lowest BCUT2D eigenvalue weighted by molar-refractivity contribution is -0.131. The highest BCUT2D eigenvalue weighted by Gasteiger charge is 2.18. The van der Waals surface area contributed by atoms with Gasteiger partial charge in [0, 0.05) is 18.7 Å². The molecule has 0 unspecified atom stereocenters. The van der Waals surface area contributed by atoms with Gasteiger partial charge in [-0.15, -0.1) is 0 Å². The monoisotopic (exact) mass is 341 g/mol. The molecule has 0 saturated heterocycles. The third-order valence-corrected chi connectivity index (χ3v) is 4.51. The fourth-order valence-corrected chi connectivity index (χ4v) is 3.12. The van der Waals surface area contributed by atoms with Crippen LogP contribution in [0.2, 0.25) is 5.02 Å². The molecule has 0 radical (unpaired) electrons. The molecule has 0 aliphatic rings. The molecule has 0 bridgehead atoms. The molecule has 24 heavy (non-hydrogen) atoms. The second-order valence-corrected chi connectivity index (χ2v) is 5.96. The average Bonchev–Trinajstić information content (AvgIpc) is 2.95. The number of carbonyl (C=O) groups is 1. The topological polar surface area (TPSA) is 38.1 Å². The number of fused-ring (bicyclic) bond motifs is 1. The first kappa shape index (κ1) is 16.5. The maximum atomic E-state index is 12.6. The minimum Gasteiger partial charge on any atom is -0.342 e. The van der Waals surface area contributed by atoms with Crippen molar-refractivity contribution in [3.63, 3.8) is 0 Å². The van der Waals surface area contributed by atoms with Crippen molar-refractivity contribution in [2.45, 2.75) is 20.4 Å². The highest BCUT2D eigenvalue weighted by molar-refractivity contribution is 6.33. The van der Waals surface area contributed by atoms with Crippen molar-refractivity contribution in [3.8, 4) is 11.4 Å². The first-order valence-electron chi connectivity index (χ1n) is 8.13. The van der Waals surface area contributed by atoms with Crippen molar-refractivity contribution in [3.05, 3.63) is 53.6 Å². The fourth-order valence-electron chi connectivity index (χ4n) is 2.90. The zero-order valence-electron chi connectivity index (χ0n) is 13.9. The molecular weight excluding hydrogens is 322 g/mol. The van der Waals surface area contributed by atoms with E-state index in [0.29, 0.717) is 18.1 Å². The van der Waals surface area contributed by atoms with Crippen LogP contribution in [0.25, 0.3) is 22.4 Å². The molecule has 0 aliphatic carbocycles. The van der Waals surface area contributed by atoms with Crippen LogP contribution in [-0.4, -0.2) is 33.4 Å². The van der Waals surface area contributed by atoms with Gasteiger partial charge in [-0.2, -0.15) is 0 Å². The lowest BCUT2D eigenvalue weighted by atomic mass is 10.2. The molecule has 3 rings (SSSR count). The van der Waals surface area contributed by atoms with Gasteiger partial charge in [-0.3, -0.25) is 4.79 Å². The van der Waals surface area contributed by atoms with Gasteiger partial charge < -0.3 is 9.47 Å². The normalized spacial score (nSPS) is 11.0. The summed E-state index contributed by atoms with van der Waals surface area (Å²) in [6, 6.07) is 15.4. The van der Waals surface area contributed by atoms with Crippen LogP contribution in [0.3, 0.4) is 0 Å². The largest absolute Gasteiger partial charge is 0.342 e. The van der Waals surface area contributed by atoms with Gasteiger partial charge in [-0.25, -0.2) is 4.98 Å². The predicted molar refractivity (Wildman–Crippen MR) is 98.1 cm³/mol. The number of halogens is 1. The molecule has 2 aromatic carbocycles. The van der Waals surface area contributed by atoms with Crippen LogP contribution in [0, 0.1) is 0 Å². The number of rotatable bonds is 5. The number of aromatic nitrogens is 2. The molecule has 5 heteroatoms. The number of carbonyl (C=O) groups excluding carboxylic acids is 1. The highest BCUT2D eigenvalue weighted by atomic mass is 35.5. The van der Waals surface area contributed by atoms with Crippen molar-refractivity contribution in [1.82, 2.24) is 14.5 Å². The maximum Gasteiger partial charge on any atom is 0.242 e. The summed E-state index contributed by atoms with van der Waals surface area (Å²) in [5, 5.41) is 0.629. The van der Waals surface area contributed by atoms with E-state index in [9.17, 15) is 4.79 Å². The number of likely N-dealkylation sites (N-methyl/N-ethyl adjacent to an activating group) is 1. The predicted octanol–water partition coefficient (Wildman–Crippen LogP) is 4.23. The van der Waals surface area contributed by atoms with Crippen LogP contribution in [-0.2, 0) is 11.3 Å². The summed E-state index contributed by atoms with van der Waals surface area (Å²) in [6.07, 6.45) is 0. The Balaban J connectivity index is 2.13. The summed E-state index contributed by atoms with van der Waals surface area (Å²) in [5.74, 6) is 0.804. The van der Waals surface area contributed by atoms with Crippen molar-refractivity contribution < 1.29 is 4.79 Å². The maximum absolute atomic E-state index is 12.6. The zero-order valence-corrected chi connectivity index (χ0v) is 14.6.